The maximum absolute atomic E-state index is 12.4. The fourth-order valence-corrected chi connectivity index (χ4v) is 1.90. The summed E-state index contributed by atoms with van der Waals surface area (Å²) in [6.45, 7) is 12.8. The predicted octanol–water partition coefficient (Wildman–Crippen LogP) is 2.32. The third kappa shape index (κ3) is 6.25. The van der Waals surface area contributed by atoms with Gasteiger partial charge in [-0.25, -0.2) is 4.79 Å². The highest BCUT2D eigenvalue weighted by atomic mass is 16.6. The van der Waals surface area contributed by atoms with Crippen molar-refractivity contribution in [3.8, 4) is 0 Å². The molecule has 1 aromatic carbocycles. The van der Waals surface area contributed by atoms with Gasteiger partial charge in [-0.1, -0.05) is 12.1 Å². The number of benzene rings is 1. The summed E-state index contributed by atoms with van der Waals surface area (Å²) >= 11 is 0. The minimum atomic E-state index is -0.563. The van der Waals surface area contributed by atoms with E-state index < -0.39 is 11.7 Å². The Kier molecular flexibility index (Phi) is 7.10. The lowest BCUT2D eigenvalue weighted by Crippen LogP contribution is -2.39. The van der Waals surface area contributed by atoms with Crippen molar-refractivity contribution in [1.82, 2.24) is 10.2 Å². The van der Waals surface area contributed by atoms with Gasteiger partial charge in [0.2, 0.25) is 0 Å². The van der Waals surface area contributed by atoms with Crippen LogP contribution in [0.2, 0.25) is 0 Å². The number of ether oxygens (including phenoxy) is 1. The zero-order chi connectivity index (χ0) is 19.0. The molecule has 136 valence electrons. The Bertz CT molecular complexity index is 631. The second kappa shape index (κ2) is 8.81. The number of carbonyl (C=O) groups is 2. The molecule has 8 nitrogen and oxygen atoms in total. The third-order valence-corrected chi connectivity index (χ3v) is 3.07. The average molecular weight is 347 g/mol. The van der Waals surface area contributed by atoms with Crippen molar-refractivity contribution in [2.45, 2.75) is 26.4 Å². The summed E-state index contributed by atoms with van der Waals surface area (Å²) in [6.07, 6.45) is -0.444. The summed E-state index contributed by atoms with van der Waals surface area (Å²) in [7, 11) is 1.61. The summed E-state index contributed by atoms with van der Waals surface area (Å²) in [5, 5.41) is 11.3. The molecule has 1 N–H and O–H groups in total. The first-order chi connectivity index (χ1) is 11.7. The van der Waals surface area contributed by atoms with Crippen molar-refractivity contribution in [2.75, 3.05) is 25.3 Å². The first-order valence-electron chi connectivity index (χ1n) is 7.74. The molecule has 0 radical (unpaired) electrons. The molecule has 2 amide bonds. The number of anilines is 1. The van der Waals surface area contributed by atoms with E-state index in [0.29, 0.717) is 17.8 Å². The van der Waals surface area contributed by atoms with Gasteiger partial charge < -0.3 is 15.0 Å². The molecular formula is C17H25N5O3. The van der Waals surface area contributed by atoms with Gasteiger partial charge in [0, 0.05) is 33.6 Å². The van der Waals surface area contributed by atoms with Crippen LogP contribution in [0.3, 0.4) is 0 Å². The molecule has 0 aromatic heterocycles. The monoisotopic (exact) mass is 347 g/mol. The van der Waals surface area contributed by atoms with Gasteiger partial charge in [0.05, 0.1) is 11.3 Å². The van der Waals surface area contributed by atoms with Crippen LogP contribution in [0.4, 0.5) is 10.5 Å². The van der Waals surface area contributed by atoms with Crippen LogP contribution in [-0.4, -0.2) is 56.1 Å². The number of likely N-dealkylation sites (N-methyl/N-ethyl adjacent to an activating group) is 1. The second-order valence-electron chi connectivity index (χ2n) is 6.25. The van der Waals surface area contributed by atoms with Gasteiger partial charge in [0.25, 0.3) is 5.91 Å². The first-order valence-corrected chi connectivity index (χ1v) is 7.74. The van der Waals surface area contributed by atoms with Gasteiger partial charge >= 0.3 is 6.09 Å². The highest BCUT2D eigenvalue weighted by Gasteiger charge is 2.20. The molecule has 0 spiro atoms. The number of rotatable bonds is 7. The summed E-state index contributed by atoms with van der Waals surface area (Å²) < 4.78 is 5.25. The molecule has 0 saturated heterocycles. The molecule has 0 bridgehead atoms. The SMILES string of the molecule is C=NN(N=C)c1ccccc1C(=O)NCCN(C)C(=O)OC(C)(C)C. The minimum absolute atomic E-state index is 0.270. The number of amides is 2. The van der Waals surface area contributed by atoms with Crippen LogP contribution in [0.25, 0.3) is 0 Å². The molecular weight excluding hydrogens is 322 g/mol. The topological polar surface area (TPSA) is 86.6 Å². The van der Waals surface area contributed by atoms with Gasteiger partial charge in [-0.15, -0.1) is 0 Å². The van der Waals surface area contributed by atoms with E-state index in [-0.39, 0.29) is 12.5 Å². The lowest BCUT2D eigenvalue weighted by molar-refractivity contribution is 0.0299. The number of carbonyl (C=O) groups excluding carboxylic acids is 2. The number of nitrogens with one attached hydrogen (secondary N) is 1. The van der Waals surface area contributed by atoms with Crippen molar-refractivity contribution in [3.05, 3.63) is 29.8 Å². The van der Waals surface area contributed by atoms with E-state index in [4.69, 9.17) is 4.74 Å². The van der Waals surface area contributed by atoms with E-state index >= 15 is 0 Å². The molecule has 0 aliphatic rings. The van der Waals surface area contributed by atoms with E-state index in [1.807, 2.05) is 0 Å². The average Bonchev–Trinajstić information content (AvgIpc) is 2.54. The molecule has 0 aliphatic heterocycles. The van der Waals surface area contributed by atoms with Gasteiger partial charge in [-0.05, 0) is 32.9 Å². The Morgan fingerprint density at radius 3 is 2.36 bits per heavy atom. The molecule has 0 saturated carbocycles. The molecule has 0 fully saturated rings. The fourth-order valence-electron chi connectivity index (χ4n) is 1.90. The number of para-hydroxylation sites is 1. The van der Waals surface area contributed by atoms with Crippen LogP contribution in [0.15, 0.2) is 34.5 Å². The molecule has 25 heavy (non-hydrogen) atoms. The second-order valence-corrected chi connectivity index (χ2v) is 6.25. The van der Waals surface area contributed by atoms with Crippen LogP contribution in [0.5, 0.6) is 0 Å². The van der Waals surface area contributed by atoms with Crippen LogP contribution < -0.4 is 10.4 Å². The molecule has 0 heterocycles. The zero-order valence-electron chi connectivity index (χ0n) is 15.2. The lowest BCUT2D eigenvalue weighted by Gasteiger charge is -2.24. The maximum Gasteiger partial charge on any atom is 0.410 e. The highest BCUT2D eigenvalue weighted by molar-refractivity contribution is 5.99. The maximum atomic E-state index is 12.4. The van der Waals surface area contributed by atoms with E-state index in [9.17, 15) is 9.59 Å². The van der Waals surface area contributed by atoms with Crippen molar-refractivity contribution < 1.29 is 14.3 Å². The summed E-state index contributed by atoms with van der Waals surface area (Å²) in [4.78, 5) is 25.7. The molecule has 1 rings (SSSR count). The zero-order valence-corrected chi connectivity index (χ0v) is 15.2. The smallest absolute Gasteiger partial charge is 0.410 e. The van der Waals surface area contributed by atoms with Crippen molar-refractivity contribution in [2.24, 2.45) is 10.2 Å². The fraction of sp³-hybridized carbons (Fsp3) is 0.412. The Hall–Kier alpha value is -2.90. The van der Waals surface area contributed by atoms with Crippen molar-refractivity contribution in [3.63, 3.8) is 0 Å². The first kappa shape index (κ1) is 20.1. The summed E-state index contributed by atoms with van der Waals surface area (Å²) in [5.74, 6) is -0.314. The summed E-state index contributed by atoms with van der Waals surface area (Å²) in [6, 6.07) is 6.82. The van der Waals surface area contributed by atoms with E-state index in [0.717, 1.165) is 0 Å². The van der Waals surface area contributed by atoms with Gasteiger partial charge in [0.1, 0.15) is 5.60 Å². The Balaban J connectivity index is 2.65. The molecule has 1 aromatic rings. The Labute approximate surface area is 148 Å². The lowest BCUT2D eigenvalue weighted by atomic mass is 10.1. The number of nitrogens with zero attached hydrogens (tertiary/aromatic N) is 4. The standard InChI is InChI=1S/C17H25N5O3/c1-17(2,3)25-16(24)21(6)12-11-20-15(23)13-9-7-8-10-14(13)22(18-4)19-5/h7-10H,4-5,11-12H2,1-3,6H3,(H,20,23). The predicted molar refractivity (Wildman–Crippen MR) is 99.2 cm³/mol. The Morgan fingerprint density at radius 2 is 1.80 bits per heavy atom. The van der Waals surface area contributed by atoms with Gasteiger partial charge in [0.15, 0.2) is 0 Å². The van der Waals surface area contributed by atoms with Gasteiger partial charge in [-0.2, -0.15) is 15.3 Å². The van der Waals surface area contributed by atoms with Crippen LogP contribution >= 0.6 is 0 Å². The molecule has 0 atom stereocenters. The van der Waals surface area contributed by atoms with Crippen LogP contribution in [-0.2, 0) is 4.74 Å². The molecule has 0 aliphatic carbocycles. The molecule has 0 unspecified atom stereocenters. The Morgan fingerprint density at radius 1 is 1.20 bits per heavy atom. The number of hydrazone groups is 2. The van der Waals surface area contributed by atoms with Crippen molar-refractivity contribution in [1.29, 1.82) is 0 Å². The quantitative estimate of drug-likeness (QED) is 0.606. The van der Waals surface area contributed by atoms with E-state index in [1.165, 1.54) is 10.0 Å². The van der Waals surface area contributed by atoms with E-state index in [1.54, 1.807) is 52.1 Å². The molecule has 8 heteroatoms. The van der Waals surface area contributed by atoms with Crippen LogP contribution in [0.1, 0.15) is 31.1 Å². The van der Waals surface area contributed by atoms with Crippen molar-refractivity contribution >= 4 is 31.1 Å². The largest absolute Gasteiger partial charge is 0.444 e. The number of hydrogen-bond donors (Lipinski definition) is 1. The van der Waals surface area contributed by atoms with Crippen LogP contribution in [0, 0.1) is 0 Å². The summed E-state index contributed by atoms with van der Waals surface area (Å²) in [5.41, 5.74) is 0.277. The normalized spacial score (nSPS) is 10.6. The minimum Gasteiger partial charge on any atom is -0.444 e. The third-order valence-electron chi connectivity index (χ3n) is 3.07. The van der Waals surface area contributed by atoms with E-state index in [2.05, 4.69) is 29.0 Å². The number of hydrogen-bond acceptors (Lipinski definition) is 6. The highest BCUT2D eigenvalue weighted by Crippen LogP contribution is 2.20. The van der Waals surface area contributed by atoms with Gasteiger partial charge in [-0.3, -0.25) is 4.79 Å².